The first-order valence-electron chi connectivity index (χ1n) is 9.13. The average molecular weight is 374 g/mol. The molecule has 28 heavy (non-hydrogen) atoms. The van der Waals surface area contributed by atoms with E-state index in [9.17, 15) is 4.79 Å². The summed E-state index contributed by atoms with van der Waals surface area (Å²) >= 11 is 0. The van der Waals surface area contributed by atoms with Crippen LogP contribution in [0.2, 0.25) is 0 Å². The minimum atomic E-state index is 0.0564. The lowest BCUT2D eigenvalue weighted by atomic mass is 10.1. The molecule has 3 heterocycles. The molecule has 0 bridgehead atoms. The molecule has 1 amide bonds. The van der Waals surface area contributed by atoms with Gasteiger partial charge in [-0.2, -0.15) is 4.52 Å². The molecule has 1 saturated heterocycles. The van der Waals surface area contributed by atoms with E-state index in [4.69, 9.17) is 0 Å². The van der Waals surface area contributed by atoms with Gasteiger partial charge in [0.25, 0.3) is 5.91 Å². The van der Waals surface area contributed by atoms with Gasteiger partial charge >= 0.3 is 0 Å². The van der Waals surface area contributed by atoms with Crippen molar-refractivity contribution in [3.63, 3.8) is 0 Å². The first kappa shape index (κ1) is 16.6. The third-order valence-corrected chi connectivity index (χ3v) is 4.82. The Balaban J connectivity index is 1.43. The molecule has 9 heteroatoms. The van der Waals surface area contributed by atoms with Crippen LogP contribution >= 0.6 is 0 Å². The number of hydrogen-bond donors (Lipinski definition) is 2. The number of tetrazole rings is 1. The summed E-state index contributed by atoms with van der Waals surface area (Å²) in [4.78, 5) is 19.1. The van der Waals surface area contributed by atoms with Crippen molar-refractivity contribution in [1.29, 1.82) is 0 Å². The van der Waals surface area contributed by atoms with Crippen LogP contribution in [0, 0.1) is 0 Å². The highest BCUT2D eigenvalue weighted by Gasteiger charge is 2.18. The van der Waals surface area contributed by atoms with E-state index < -0.39 is 0 Å². The van der Waals surface area contributed by atoms with Gasteiger partial charge in [-0.05, 0) is 46.8 Å². The van der Waals surface area contributed by atoms with Crippen molar-refractivity contribution >= 4 is 34.1 Å². The van der Waals surface area contributed by atoms with Crippen LogP contribution in [0.25, 0.3) is 16.7 Å². The van der Waals surface area contributed by atoms with Gasteiger partial charge in [-0.15, -0.1) is 5.10 Å². The van der Waals surface area contributed by atoms with E-state index in [1.165, 1.54) is 0 Å². The number of benzene rings is 2. The molecule has 2 aromatic heterocycles. The van der Waals surface area contributed by atoms with E-state index in [1.54, 1.807) is 4.52 Å². The highest BCUT2D eigenvalue weighted by molar-refractivity contribution is 5.94. The second-order valence-electron chi connectivity index (χ2n) is 6.61. The Morgan fingerprint density at radius 2 is 1.82 bits per heavy atom. The number of fused-ring (bicyclic) bond motifs is 3. The normalized spacial score (nSPS) is 14.5. The number of rotatable bonds is 3. The van der Waals surface area contributed by atoms with Gasteiger partial charge in [0, 0.05) is 37.4 Å². The molecule has 0 saturated carbocycles. The first-order valence-corrected chi connectivity index (χ1v) is 9.13. The molecule has 0 aliphatic carbocycles. The van der Waals surface area contributed by atoms with Crippen LogP contribution in [0.3, 0.4) is 0 Å². The number of anilines is 2. The van der Waals surface area contributed by atoms with Crippen LogP contribution < -0.4 is 10.6 Å². The molecular formula is C19H18N8O. The molecule has 1 fully saturated rings. The Kier molecular flexibility index (Phi) is 4.06. The van der Waals surface area contributed by atoms with Gasteiger partial charge in [0.15, 0.2) is 5.82 Å². The number of hydrogen-bond acceptors (Lipinski definition) is 7. The number of amides is 1. The minimum absolute atomic E-state index is 0.0564. The fourth-order valence-electron chi connectivity index (χ4n) is 3.37. The quantitative estimate of drug-likeness (QED) is 0.560. The predicted octanol–water partition coefficient (Wildman–Crippen LogP) is 1.46. The predicted molar refractivity (Wildman–Crippen MR) is 105 cm³/mol. The van der Waals surface area contributed by atoms with Crippen LogP contribution in [0.4, 0.5) is 11.5 Å². The van der Waals surface area contributed by atoms with Crippen LogP contribution in [0.5, 0.6) is 0 Å². The third-order valence-electron chi connectivity index (χ3n) is 4.82. The number of aromatic nitrogens is 5. The molecule has 140 valence electrons. The fraction of sp³-hybridized carbons (Fsp3) is 0.211. The Labute approximate surface area is 160 Å². The summed E-state index contributed by atoms with van der Waals surface area (Å²) in [5, 5.41) is 18.4. The third kappa shape index (κ3) is 2.91. The average Bonchev–Trinajstić information content (AvgIpc) is 3.25. The molecule has 0 radical (unpaired) electrons. The second-order valence-corrected chi connectivity index (χ2v) is 6.61. The molecule has 4 aromatic rings. The number of carbonyl (C=O) groups is 1. The number of nitrogens with zero attached hydrogens (tertiary/aromatic N) is 6. The van der Waals surface area contributed by atoms with Crippen LogP contribution in [0.1, 0.15) is 10.4 Å². The van der Waals surface area contributed by atoms with E-state index >= 15 is 0 Å². The SMILES string of the molecule is O=C(c1ccc(Nc2nc3ccccc3n3nnnc23)cc1)N1CCNCC1. The summed E-state index contributed by atoms with van der Waals surface area (Å²) in [5.41, 5.74) is 3.65. The highest BCUT2D eigenvalue weighted by Crippen LogP contribution is 2.23. The molecule has 0 unspecified atom stereocenters. The summed E-state index contributed by atoms with van der Waals surface area (Å²) < 4.78 is 1.66. The zero-order valence-corrected chi connectivity index (χ0v) is 15.0. The first-order chi connectivity index (χ1) is 13.8. The van der Waals surface area contributed by atoms with E-state index in [2.05, 4.69) is 31.1 Å². The molecule has 1 aliphatic heterocycles. The summed E-state index contributed by atoms with van der Waals surface area (Å²) in [7, 11) is 0. The maximum Gasteiger partial charge on any atom is 0.253 e. The number of nitrogens with one attached hydrogen (secondary N) is 2. The number of carbonyl (C=O) groups excluding carboxylic acids is 1. The number of para-hydroxylation sites is 2. The van der Waals surface area contributed by atoms with Crippen molar-refractivity contribution < 1.29 is 4.79 Å². The Hall–Kier alpha value is -3.59. The van der Waals surface area contributed by atoms with Crippen molar-refractivity contribution in [3.05, 3.63) is 54.1 Å². The van der Waals surface area contributed by atoms with Crippen LogP contribution in [-0.2, 0) is 0 Å². The second kappa shape index (κ2) is 6.86. The number of piperazine rings is 1. The molecule has 2 N–H and O–H groups in total. The zero-order valence-electron chi connectivity index (χ0n) is 15.0. The molecule has 1 aliphatic rings. The molecule has 0 atom stereocenters. The minimum Gasteiger partial charge on any atom is -0.337 e. The standard InChI is InChI=1S/C19H18N8O/c28-19(26-11-9-20-10-12-26)13-5-7-14(8-6-13)21-17-18-23-24-25-27(18)16-4-2-1-3-15(16)22-17/h1-8,20H,9-12H2,(H,21,22). The smallest absolute Gasteiger partial charge is 0.253 e. The van der Waals surface area contributed by atoms with Gasteiger partial charge in [-0.25, -0.2) is 4.98 Å². The van der Waals surface area contributed by atoms with Crippen molar-refractivity contribution in [1.82, 2.24) is 35.2 Å². The fourth-order valence-corrected chi connectivity index (χ4v) is 3.37. The van der Waals surface area contributed by atoms with Crippen molar-refractivity contribution in [2.45, 2.75) is 0 Å². The topological polar surface area (TPSA) is 100 Å². The molecule has 9 nitrogen and oxygen atoms in total. The zero-order chi connectivity index (χ0) is 18.9. The lowest BCUT2D eigenvalue weighted by Crippen LogP contribution is -2.46. The van der Waals surface area contributed by atoms with Gasteiger partial charge in [0.2, 0.25) is 5.65 Å². The van der Waals surface area contributed by atoms with Crippen molar-refractivity contribution in [2.75, 3.05) is 31.5 Å². The van der Waals surface area contributed by atoms with Crippen molar-refractivity contribution in [3.8, 4) is 0 Å². The monoisotopic (exact) mass is 374 g/mol. The maximum atomic E-state index is 12.6. The molecule has 0 spiro atoms. The van der Waals surface area contributed by atoms with Gasteiger partial charge in [-0.3, -0.25) is 4.79 Å². The van der Waals surface area contributed by atoms with Crippen LogP contribution in [-0.4, -0.2) is 62.0 Å². The van der Waals surface area contributed by atoms with E-state index in [1.807, 2.05) is 53.4 Å². The molecule has 2 aromatic carbocycles. The van der Waals surface area contributed by atoms with Gasteiger partial charge in [0.1, 0.15) is 0 Å². The summed E-state index contributed by atoms with van der Waals surface area (Å²) in [5.74, 6) is 0.616. The lowest BCUT2D eigenvalue weighted by Gasteiger charge is -2.27. The Morgan fingerprint density at radius 1 is 1.04 bits per heavy atom. The van der Waals surface area contributed by atoms with Crippen LogP contribution in [0.15, 0.2) is 48.5 Å². The van der Waals surface area contributed by atoms with E-state index in [0.717, 1.165) is 42.9 Å². The summed E-state index contributed by atoms with van der Waals surface area (Å²) in [6.45, 7) is 3.14. The summed E-state index contributed by atoms with van der Waals surface area (Å²) in [6, 6.07) is 15.1. The molecule has 5 rings (SSSR count). The lowest BCUT2D eigenvalue weighted by molar-refractivity contribution is 0.0736. The largest absolute Gasteiger partial charge is 0.337 e. The van der Waals surface area contributed by atoms with Gasteiger partial charge in [-0.1, -0.05) is 12.1 Å². The Morgan fingerprint density at radius 3 is 2.64 bits per heavy atom. The van der Waals surface area contributed by atoms with Crippen molar-refractivity contribution in [2.24, 2.45) is 0 Å². The molecular weight excluding hydrogens is 356 g/mol. The van der Waals surface area contributed by atoms with Gasteiger partial charge in [0.05, 0.1) is 11.0 Å². The van der Waals surface area contributed by atoms with E-state index in [0.29, 0.717) is 17.0 Å². The Bertz CT molecular complexity index is 1150. The maximum absolute atomic E-state index is 12.6. The van der Waals surface area contributed by atoms with Gasteiger partial charge < -0.3 is 15.5 Å². The highest BCUT2D eigenvalue weighted by atomic mass is 16.2. The summed E-state index contributed by atoms with van der Waals surface area (Å²) in [6.07, 6.45) is 0. The van der Waals surface area contributed by atoms with E-state index in [-0.39, 0.29) is 5.91 Å².